The number of H-pyrrole nitrogens is 2. The molecule has 6 heteroatoms. The smallest absolute Gasteiger partial charge is 0.272 e. The number of fused-ring (bicyclic) bond motifs is 2. The van der Waals surface area contributed by atoms with Crippen LogP contribution in [0.2, 0.25) is 0 Å². The molecule has 144 valence electrons. The third-order valence-corrected chi connectivity index (χ3v) is 5.31. The zero-order chi connectivity index (χ0) is 20.0. The van der Waals surface area contributed by atoms with Crippen molar-refractivity contribution in [1.29, 1.82) is 0 Å². The molecule has 0 aliphatic carbocycles. The molecule has 5 aromatic rings. The van der Waals surface area contributed by atoms with Crippen LogP contribution in [0.1, 0.15) is 11.3 Å². The van der Waals surface area contributed by atoms with E-state index in [-0.39, 0.29) is 5.56 Å². The third-order valence-electron chi connectivity index (χ3n) is 5.31. The van der Waals surface area contributed by atoms with Crippen molar-refractivity contribution in [1.82, 2.24) is 19.4 Å². The standard InChI is InChI=1S/C23H21N5O/c1-27(2)17-6-3-5-15(9-17)10-18-12-26-23(29)21-11-16(14-28(18)21)20-13-25-22-19(20)7-4-8-24-22/h3-9,11-14H,10H2,1-2H3,(H,24,25)(H,26,29). The van der Waals surface area contributed by atoms with Crippen molar-refractivity contribution in [3.05, 3.63) is 88.9 Å². The summed E-state index contributed by atoms with van der Waals surface area (Å²) in [5.74, 6) is 0. The van der Waals surface area contributed by atoms with Gasteiger partial charge in [0.05, 0.1) is 0 Å². The first-order chi connectivity index (χ1) is 14.1. The Bertz CT molecular complexity index is 1390. The number of hydrogen-bond acceptors (Lipinski definition) is 3. The number of nitrogens with zero attached hydrogens (tertiary/aromatic N) is 3. The van der Waals surface area contributed by atoms with Crippen LogP contribution in [0.25, 0.3) is 27.7 Å². The maximum absolute atomic E-state index is 12.5. The topological polar surface area (TPSA) is 69.2 Å². The number of pyridine rings is 1. The van der Waals surface area contributed by atoms with Crippen LogP contribution < -0.4 is 10.5 Å². The van der Waals surface area contributed by atoms with E-state index in [1.54, 1.807) is 12.4 Å². The fraction of sp³-hybridized carbons (Fsp3) is 0.130. The Labute approximate surface area is 167 Å². The summed E-state index contributed by atoms with van der Waals surface area (Å²) in [5.41, 5.74) is 6.78. The average Bonchev–Trinajstić information content (AvgIpc) is 3.35. The van der Waals surface area contributed by atoms with Crippen LogP contribution in [0.3, 0.4) is 0 Å². The molecule has 0 amide bonds. The van der Waals surface area contributed by atoms with Crippen molar-refractivity contribution in [3.63, 3.8) is 0 Å². The van der Waals surface area contributed by atoms with Crippen LogP contribution in [0.15, 0.2) is 72.0 Å². The van der Waals surface area contributed by atoms with Crippen LogP contribution in [-0.2, 0) is 6.42 Å². The molecular weight excluding hydrogens is 362 g/mol. The molecule has 0 bridgehead atoms. The Morgan fingerprint density at radius 1 is 1.07 bits per heavy atom. The van der Waals surface area contributed by atoms with Gasteiger partial charge in [-0.1, -0.05) is 12.1 Å². The number of benzene rings is 1. The number of anilines is 1. The van der Waals surface area contributed by atoms with Gasteiger partial charge in [-0.05, 0) is 35.9 Å². The van der Waals surface area contributed by atoms with Crippen LogP contribution in [0.4, 0.5) is 5.69 Å². The van der Waals surface area contributed by atoms with E-state index >= 15 is 0 Å². The average molecular weight is 383 g/mol. The molecule has 0 radical (unpaired) electrons. The van der Waals surface area contributed by atoms with E-state index in [1.807, 2.05) is 49.1 Å². The summed E-state index contributed by atoms with van der Waals surface area (Å²) in [6.07, 6.45) is 8.27. The quantitative estimate of drug-likeness (QED) is 0.496. The van der Waals surface area contributed by atoms with Crippen molar-refractivity contribution in [3.8, 4) is 11.1 Å². The summed E-state index contributed by atoms with van der Waals surface area (Å²) in [6.45, 7) is 0. The Morgan fingerprint density at radius 3 is 2.83 bits per heavy atom. The largest absolute Gasteiger partial charge is 0.378 e. The van der Waals surface area contributed by atoms with Crippen molar-refractivity contribution >= 4 is 22.2 Å². The monoisotopic (exact) mass is 383 g/mol. The van der Waals surface area contributed by atoms with Gasteiger partial charge in [0.1, 0.15) is 11.2 Å². The summed E-state index contributed by atoms with van der Waals surface area (Å²) >= 11 is 0. The predicted octanol–water partition coefficient (Wildman–Crippen LogP) is 3.83. The van der Waals surface area contributed by atoms with Gasteiger partial charge in [0.15, 0.2) is 0 Å². The van der Waals surface area contributed by atoms with E-state index in [2.05, 4.69) is 44.1 Å². The van der Waals surface area contributed by atoms with Crippen molar-refractivity contribution in [2.75, 3.05) is 19.0 Å². The predicted molar refractivity (Wildman–Crippen MR) is 117 cm³/mol. The van der Waals surface area contributed by atoms with E-state index in [9.17, 15) is 4.79 Å². The minimum absolute atomic E-state index is 0.0972. The van der Waals surface area contributed by atoms with E-state index in [0.29, 0.717) is 5.52 Å². The summed E-state index contributed by atoms with van der Waals surface area (Å²) in [6, 6.07) is 14.3. The Morgan fingerprint density at radius 2 is 1.97 bits per heavy atom. The molecule has 5 rings (SSSR count). The van der Waals surface area contributed by atoms with E-state index in [1.165, 1.54) is 5.56 Å². The fourth-order valence-corrected chi connectivity index (χ4v) is 3.80. The number of nitrogens with one attached hydrogen (secondary N) is 2. The SMILES string of the molecule is CN(C)c1cccc(Cc2c[nH]c(=O)c3cc(-c4c[nH]c5ncccc45)cn23)c1. The van der Waals surface area contributed by atoms with E-state index in [0.717, 1.165) is 40.0 Å². The molecule has 0 unspecified atom stereocenters. The highest BCUT2D eigenvalue weighted by Gasteiger charge is 2.13. The molecular formula is C23H21N5O. The lowest BCUT2D eigenvalue weighted by Gasteiger charge is -2.14. The molecule has 4 heterocycles. The Balaban J connectivity index is 1.62. The molecule has 0 fully saturated rings. The Kier molecular flexibility index (Phi) is 3.98. The summed E-state index contributed by atoms with van der Waals surface area (Å²) in [7, 11) is 4.07. The second kappa shape index (κ2) is 6.67. The van der Waals surface area contributed by atoms with Gasteiger partial charge in [-0.15, -0.1) is 0 Å². The molecule has 4 aromatic heterocycles. The molecule has 0 saturated carbocycles. The van der Waals surface area contributed by atoms with Crippen molar-refractivity contribution in [2.24, 2.45) is 0 Å². The number of hydrogen-bond donors (Lipinski definition) is 2. The highest BCUT2D eigenvalue weighted by atomic mass is 16.1. The van der Waals surface area contributed by atoms with Gasteiger partial charge in [0, 0.05) is 73.2 Å². The van der Waals surface area contributed by atoms with Gasteiger partial charge in [-0.2, -0.15) is 0 Å². The molecule has 0 atom stereocenters. The third kappa shape index (κ3) is 2.99. The summed E-state index contributed by atoms with van der Waals surface area (Å²) in [5, 5.41) is 1.04. The van der Waals surface area contributed by atoms with Crippen LogP contribution >= 0.6 is 0 Å². The second-order valence-corrected chi connectivity index (χ2v) is 7.44. The second-order valence-electron chi connectivity index (χ2n) is 7.44. The van der Waals surface area contributed by atoms with Gasteiger partial charge in [-0.3, -0.25) is 4.79 Å². The number of aromatic amines is 2. The first-order valence-electron chi connectivity index (χ1n) is 9.51. The maximum atomic E-state index is 12.5. The van der Waals surface area contributed by atoms with Gasteiger partial charge >= 0.3 is 0 Å². The zero-order valence-electron chi connectivity index (χ0n) is 16.3. The highest BCUT2D eigenvalue weighted by Crippen LogP contribution is 2.29. The number of aromatic nitrogens is 4. The molecule has 0 aliphatic rings. The van der Waals surface area contributed by atoms with Crippen LogP contribution in [0, 0.1) is 0 Å². The van der Waals surface area contributed by atoms with Crippen molar-refractivity contribution < 1.29 is 0 Å². The van der Waals surface area contributed by atoms with Crippen LogP contribution in [0.5, 0.6) is 0 Å². The maximum Gasteiger partial charge on any atom is 0.272 e. The van der Waals surface area contributed by atoms with Gasteiger partial charge in [0.2, 0.25) is 0 Å². The number of rotatable bonds is 4. The van der Waals surface area contributed by atoms with E-state index in [4.69, 9.17) is 0 Å². The lowest BCUT2D eigenvalue weighted by Crippen LogP contribution is -2.12. The molecule has 2 N–H and O–H groups in total. The van der Waals surface area contributed by atoms with E-state index < -0.39 is 0 Å². The minimum atomic E-state index is -0.0972. The van der Waals surface area contributed by atoms with Gasteiger partial charge in [-0.25, -0.2) is 4.98 Å². The first-order valence-corrected chi connectivity index (χ1v) is 9.51. The molecule has 0 aliphatic heterocycles. The molecule has 1 aromatic carbocycles. The zero-order valence-corrected chi connectivity index (χ0v) is 16.3. The van der Waals surface area contributed by atoms with Crippen LogP contribution in [-0.4, -0.2) is 33.4 Å². The molecule has 0 saturated heterocycles. The summed E-state index contributed by atoms with van der Waals surface area (Å²) < 4.78 is 1.99. The lowest BCUT2D eigenvalue weighted by atomic mass is 10.1. The minimum Gasteiger partial charge on any atom is -0.378 e. The molecule has 0 spiro atoms. The van der Waals surface area contributed by atoms with Gasteiger partial charge < -0.3 is 19.3 Å². The fourth-order valence-electron chi connectivity index (χ4n) is 3.80. The first kappa shape index (κ1) is 17.3. The highest BCUT2D eigenvalue weighted by molar-refractivity contribution is 5.94. The Hall–Kier alpha value is -3.80. The summed E-state index contributed by atoms with van der Waals surface area (Å²) in [4.78, 5) is 25.0. The van der Waals surface area contributed by atoms with Crippen molar-refractivity contribution in [2.45, 2.75) is 6.42 Å². The normalized spacial score (nSPS) is 11.4. The molecule has 6 nitrogen and oxygen atoms in total. The lowest BCUT2D eigenvalue weighted by molar-refractivity contribution is 0.968. The van der Waals surface area contributed by atoms with Gasteiger partial charge in [0.25, 0.3) is 5.56 Å². The molecule has 29 heavy (non-hydrogen) atoms.